The SMILES string of the molecule is CC(=O)Nc1cnc2cc(N3CCN(C(=O)OC(C)(C)C)CC3)ccc2c1. The van der Waals surface area contributed by atoms with E-state index < -0.39 is 5.60 Å². The number of hydrogen-bond acceptors (Lipinski definition) is 5. The normalized spacial score (nSPS) is 15.0. The van der Waals surface area contributed by atoms with E-state index in [2.05, 4.69) is 15.2 Å². The first-order valence-electron chi connectivity index (χ1n) is 9.11. The molecule has 0 bridgehead atoms. The lowest BCUT2D eigenvalue weighted by atomic mass is 10.1. The van der Waals surface area contributed by atoms with E-state index in [0.29, 0.717) is 18.8 Å². The first-order chi connectivity index (χ1) is 12.7. The van der Waals surface area contributed by atoms with Crippen molar-refractivity contribution >= 4 is 34.3 Å². The molecule has 2 aromatic rings. The number of aromatic nitrogens is 1. The number of carbonyl (C=O) groups excluding carboxylic acids is 2. The number of fused-ring (bicyclic) bond motifs is 1. The quantitative estimate of drug-likeness (QED) is 0.878. The van der Waals surface area contributed by atoms with Crippen LogP contribution in [0.2, 0.25) is 0 Å². The van der Waals surface area contributed by atoms with Crippen LogP contribution in [0.1, 0.15) is 27.7 Å². The van der Waals surface area contributed by atoms with E-state index in [-0.39, 0.29) is 12.0 Å². The molecule has 144 valence electrons. The highest BCUT2D eigenvalue weighted by atomic mass is 16.6. The molecule has 3 rings (SSSR count). The van der Waals surface area contributed by atoms with Crippen LogP contribution in [0.15, 0.2) is 30.5 Å². The van der Waals surface area contributed by atoms with Crippen LogP contribution >= 0.6 is 0 Å². The number of anilines is 2. The third-order valence-electron chi connectivity index (χ3n) is 4.28. The number of carbonyl (C=O) groups is 2. The Bertz CT molecular complexity index is 852. The number of piperazine rings is 1. The van der Waals surface area contributed by atoms with E-state index in [1.54, 1.807) is 11.1 Å². The van der Waals surface area contributed by atoms with Crippen molar-refractivity contribution in [1.29, 1.82) is 0 Å². The van der Waals surface area contributed by atoms with Crippen LogP contribution in [0.5, 0.6) is 0 Å². The summed E-state index contributed by atoms with van der Waals surface area (Å²) < 4.78 is 5.44. The molecule has 0 atom stereocenters. The minimum absolute atomic E-state index is 0.115. The highest BCUT2D eigenvalue weighted by Gasteiger charge is 2.26. The smallest absolute Gasteiger partial charge is 0.410 e. The van der Waals surface area contributed by atoms with E-state index in [1.165, 1.54) is 6.92 Å². The van der Waals surface area contributed by atoms with E-state index in [1.807, 2.05) is 45.0 Å². The first kappa shape index (κ1) is 18.9. The number of nitrogens with zero attached hydrogens (tertiary/aromatic N) is 3. The van der Waals surface area contributed by atoms with Crippen LogP contribution < -0.4 is 10.2 Å². The van der Waals surface area contributed by atoms with Gasteiger partial charge in [-0.3, -0.25) is 9.78 Å². The molecule has 1 saturated heterocycles. The van der Waals surface area contributed by atoms with Crippen molar-refractivity contribution in [1.82, 2.24) is 9.88 Å². The average Bonchev–Trinajstić information content (AvgIpc) is 2.59. The summed E-state index contributed by atoms with van der Waals surface area (Å²) in [4.78, 5) is 31.8. The zero-order valence-electron chi connectivity index (χ0n) is 16.3. The van der Waals surface area contributed by atoms with Gasteiger partial charge in [-0.05, 0) is 39.0 Å². The summed E-state index contributed by atoms with van der Waals surface area (Å²) in [5, 5.41) is 3.72. The van der Waals surface area contributed by atoms with Crippen molar-refractivity contribution < 1.29 is 14.3 Å². The fourth-order valence-corrected chi connectivity index (χ4v) is 3.05. The van der Waals surface area contributed by atoms with Gasteiger partial charge in [0.2, 0.25) is 5.91 Å². The molecule has 7 heteroatoms. The predicted molar refractivity (Wildman–Crippen MR) is 106 cm³/mol. The summed E-state index contributed by atoms with van der Waals surface area (Å²) in [5.41, 5.74) is 2.16. The molecule has 1 N–H and O–H groups in total. The van der Waals surface area contributed by atoms with Gasteiger partial charge in [-0.2, -0.15) is 0 Å². The van der Waals surface area contributed by atoms with Gasteiger partial charge in [0.05, 0.1) is 17.4 Å². The van der Waals surface area contributed by atoms with Crippen molar-refractivity contribution in [3.8, 4) is 0 Å². The summed E-state index contributed by atoms with van der Waals surface area (Å²) in [6, 6.07) is 8.00. The molecule has 0 unspecified atom stereocenters. The van der Waals surface area contributed by atoms with Crippen molar-refractivity contribution in [3.05, 3.63) is 30.5 Å². The van der Waals surface area contributed by atoms with Crippen LogP contribution in [-0.2, 0) is 9.53 Å². The Kier molecular flexibility index (Phi) is 5.21. The zero-order chi connectivity index (χ0) is 19.6. The molecule has 7 nitrogen and oxygen atoms in total. The molecule has 1 aromatic carbocycles. The summed E-state index contributed by atoms with van der Waals surface area (Å²) in [6.45, 7) is 9.85. The maximum Gasteiger partial charge on any atom is 0.410 e. The van der Waals surface area contributed by atoms with E-state index in [4.69, 9.17) is 4.74 Å². The van der Waals surface area contributed by atoms with Gasteiger partial charge in [0.1, 0.15) is 5.60 Å². The molecule has 0 radical (unpaired) electrons. The van der Waals surface area contributed by atoms with Gasteiger partial charge < -0.3 is 19.9 Å². The van der Waals surface area contributed by atoms with Gasteiger partial charge in [0, 0.05) is 44.2 Å². The number of ether oxygens (including phenoxy) is 1. The van der Waals surface area contributed by atoms with E-state index in [9.17, 15) is 9.59 Å². The van der Waals surface area contributed by atoms with Crippen molar-refractivity contribution in [3.63, 3.8) is 0 Å². The first-order valence-corrected chi connectivity index (χ1v) is 9.11. The third kappa shape index (κ3) is 4.87. The number of amides is 2. The number of hydrogen-bond donors (Lipinski definition) is 1. The highest BCUT2D eigenvalue weighted by Crippen LogP contribution is 2.24. The summed E-state index contributed by atoms with van der Waals surface area (Å²) in [6.07, 6.45) is 1.40. The van der Waals surface area contributed by atoms with Gasteiger partial charge in [-0.15, -0.1) is 0 Å². The Hall–Kier alpha value is -2.83. The Labute approximate surface area is 159 Å². The average molecular weight is 370 g/mol. The third-order valence-corrected chi connectivity index (χ3v) is 4.28. The number of nitrogens with one attached hydrogen (secondary N) is 1. The van der Waals surface area contributed by atoms with Crippen molar-refractivity contribution in [2.75, 3.05) is 36.4 Å². The zero-order valence-corrected chi connectivity index (χ0v) is 16.3. The van der Waals surface area contributed by atoms with Gasteiger partial charge in [-0.25, -0.2) is 4.79 Å². The van der Waals surface area contributed by atoms with Gasteiger partial charge in [0.25, 0.3) is 0 Å². The van der Waals surface area contributed by atoms with Gasteiger partial charge in [-0.1, -0.05) is 6.07 Å². The van der Waals surface area contributed by atoms with Crippen LogP contribution in [0.4, 0.5) is 16.2 Å². The maximum atomic E-state index is 12.2. The minimum Gasteiger partial charge on any atom is -0.444 e. The molecule has 0 saturated carbocycles. The predicted octanol–water partition coefficient (Wildman–Crippen LogP) is 3.25. The number of pyridine rings is 1. The Balaban J connectivity index is 1.66. The number of benzene rings is 1. The van der Waals surface area contributed by atoms with E-state index in [0.717, 1.165) is 29.7 Å². The monoisotopic (exact) mass is 370 g/mol. The number of rotatable bonds is 2. The molecular formula is C20H26N4O3. The van der Waals surface area contributed by atoms with Crippen molar-refractivity contribution in [2.45, 2.75) is 33.3 Å². The van der Waals surface area contributed by atoms with Crippen LogP contribution in [0.3, 0.4) is 0 Å². The fourth-order valence-electron chi connectivity index (χ4n) is 3.05. The molecule has 27 heavy (non-hydrogen) atoms. The van der Waals surface area contributed by atoms with Crippen LogP contribution in [0, 0.1) is 0 Å². The summed E-state index contributed by atoms with van der Waals surface area (Å²) in [7, 11) is 0. The second-order valence-electron chi connectivity index (χ2n) is 7.74. The molecule has 1 fully saturated rings. The Morgan fingerprint density at radius 2 is 1.81 bits per heavy atom. The maximum absolute atomic E-state index is 12.2. The van der Waals surface area contributed by atoms with Crippen LogP contribution in [-0.4, -0.2) is 53.7 Å². The molecule has 1 aliphatic heterocycles. The lowest BCUT2D eigenvalue weighted by Gasteiger charge is -2.36. The topological polar surface area (TPSA) is 74.8 Å². The Morgan fingerprint density at radius 1 is 1.11 bits per heavy atom. The molecular weight excluding hydrogens is 344 g/mol. The molecule has 1 aliphatic rings. The molecule has 0 aliphatic carbocycles. The standard InChI is InChI=1S/C20H26N4O3/c1-14(25)22-16-11-15-5-6-17(12-18(15)21-13-16)23-7-9-24(10-8-23)19(26)27-20(2,3)4/h5-6,11-13H,7-10H2,1-4H3,(H,22,25). The van der Waals surface area contributed by atoms with Gasteiger partial charge in [0.15, 0.2) is 0 Å². The minimum atomic E-state index is -0.478. The second kappa shape index (κ2) is 7.42. The van der Waals surface area contributed by atoms with Crippen molar-refractivity contribution in [2.24, 2.45) is 0 Å². The van der Waals surface area contributed by atoms with E-state index >= 15 is 0 Å². The fraction of sp³-hybridized carbons (Fsp3) is 0.450. The largest absolute Gasteiger partial charge is 0.444 e. The summed E-state index contributed by atoms with van der Waals surface area (Å²) >= 11 is 0. The highest BCUT2D eigenvalue weighted by molar-refractivity contribution is 5.92. The van der Waals surface area contributed by atoms with Gasteiger partial charge >= 0.3 is 6.09 Å². The van der Waals surface area contributed by atoms with Crippen LogP contribution in [0.25, 0.3) is 10.9 Å². The second-order valence-corrected chi connectivity index (χ2v) is 7.74. The molecule has 1 aromatic heterocycles. The Morgan fingerprint density at radius 3 is 2.44 bits per heavy atom. The summed E-state index contributed by atoms with van der Waals surface area (Å²) in [5.74, 6) is -0.115. The molecule has 0 spiro atoms. The molecule has 2 heterocycles. The molecule has 2 amide bonds. The lowest BCUT2D eigenvalue weighted by molar-refractivity contribution is -0.114. The lowest BCUT2D eigenvalue weighted by Crippen LogP contribution is -2.50.